The summed E-state index contributed by atoms with van der Waals surface area (Å²) in [6.07, 6.45) is 2.85. The van der Waals surface area contributed by atoms with Crippen LogP contribution in [0.15, 0.2) is 54.6 Å². The molecule has 2 aliphatic rings. The molecule has 1 aliphatic heterocycles. The first kappa shape index (κ1) is 17.8. The van der Waals surface area contributed by atoms with Crippen molar-refractivity contribution in [3.63, 3.8) is 0 Å². The van der Waals surface area contributed by atoms with Crippen LogP contribution in [-0.2, 0) is 5.60 Å². The Labute approximate surface area is 154 Å². The third kappa shape index (κ3) is 3.48. The van der Waals surface area contributed by atoms with E-state index in [0.29, 0.717) is 12.0 Å². The lowest BCUT2D eigenvalue weighted by atomic mass is 9.84. The van der Waals surface area contributed by atoms with E-state index in [-0.39, 0.29) is 12.4 Å². The Bertz CT molecular complexity index is 666. The summed E-state index contributed by atoms with van der Waals surface area (Å²) in [6.45, 7) is 1.93. The number of nitrogens with zero attached hydrogens (tertiary/aromatic N) is 1. The average molecular weight is 364 g/mol. The van der Waals surface area contributed by atoms with E-state index in [1.54, 1.807) is 0 Å². The lowest BCUT2D eigenvalue weighted by molar-refractivity contribution is -0.0281. The van der Waals surface area contributed by atoms with Gasteiger partial charge in [0.2, 0.25) is 0 Å². The molecule has 128 valence electrons. The molecular formula is C20H23Cl2NO. The fraction of sp³-hybridized carbons (Fsp3) is 0.400. The van der Waals surface area contributed by atoms with Gasteiger partial charge in [-0.3, -0.25) is 4.90 Å². The molecule has 0 radical (unpaired) electrons. The number of likely N-dealkylation sites (tertiary alicyclic amines) is 1. The largest absolute Gasteiger partial charge is 0.385 e. The van der Waals surface area contributed by atoms with Crippen molar-refractivity contribution in [3.8, 4) is 0 Å². The van der Waals surface area contributed by atoms with Crippen molar-refractivity contribution in [1.82, 2.24) is 4.90 Å². The van der Waals surface area contributed by atoms with Crippen LogP contribution in [0.2, 0.25) is 5.02 Å². The molecule has 4 heteroatoms. The molecule has 4 rings (SSSR count). The predicted molar refractivity (Wildman–Crippen MR) is 101 cm³/mol. The second-order valence-corrected chi connectivity index (χ2v) is 7.33. The summed E-state index contributed by atoms with van der Waals surface area (Å²) in [5.41, 5.74) is 1.76. The molecule has 24 heavy (non-hydrogen) atoms. The van der Waals surface area contributed by atoms with Crippen molar-refractivity contribution in [2.45, 2.75) is 36.8 Å². The highest BCUT2D eigenvalue weighted by molar-refractivity contribution is 6.30. The Balaban J connectivity index is 0.00000169. The van der Waals surface area contributed by atoms with E-state index in [1.807, 2.05) is 24.3 Å². The molecule has 0 aromatic heterocycles. The molecule has 1 N–H and O–H groups in total. The van der Waals surface area contributed by atoms with Crippen LogP contribution < -0.4 is 0 Å². The van der Waals surface area contributed by atoms with Crippen LogP contribution >= 0.6 is 24.0 Å². The first-order valence-electron chi connectivity index (χ1n) is 8.43. The normalized spacial score (nSPS) is 25.8. The standard InChI is InChI=1S/C20H22ClNO.ClH/c21-17-8-6-16(7-9-17)20(23)10-12-22(13-11-20)19-14-18(19)15-4-2-1-3-5-15;/h1-9,18-19,23H,10-14H2;1H. The van der Waals surface area contributed by atoms with E-state index in [0.717, 1.165) is 36.5 Å². The predicted octanol–water partition coefficient (Wildman–Crippen LogP) is 4.60. The number of benzene rings is 2. The van der Waals surface area contributed by atoms with Crippen LogP contribution in [0.4, 0.5) is 0 Å². The molecule has 2 nitrogen and oxygen atoms in total. The molecule has 0 amide bonds. The van der Waals surface area contributed by atoms with Crippen molar-refractivity contribution in [2.24, 2.45) is 0 Å². The SMILES string of the molecule is Cl.OC1(c2ccc(Cl)cc2)CCN(C2CC2c2ccccc2)CC1. The first-order valence-corrected chi connectivity index (χ1v) is 8.81. The maximum absolute atomic E-state index is 11.0. The lowest BCUT2D eigenvalue weighted by Crippen LogP contribution is -2.43. The zero-order valence-corrected chi connectivity index (χ0v) is 15.1. The van der Waals surface area contributed by atoms with Gasteiger partial charge in [-0.15, -0.1) is 12.4 Å². The monoisotopic (exact) mass is 363 g/mol. The number of halogens is 2. The summed E-state index contributed by atoms with van der Waals surface area (Å²) in [4.78, 5) is 2.56. The maximum Gasteiger partial charge on any atom is 0.0920 e. The highest BCUT2D eigenvalue weighted by Gasteiger charge is 2.45. The van der Waals surface area contributed by atoms with Gasteiger partial charge < -0.3 is 5.11 Å². The molecular weight excluding hydrogens is 341 g/mol. The highest BCUT2D eigenvalue weighted by atomic mass is 35.5. The Morgan fingerprint density at radius 2 is 1.58 bits per heavy atom. The third-order valence-electron chi connectivity index (χ3n) is 5.46. The number of hydrogen-bond donors (Lipinski definition) is 1. The topological polar surface area (TPSA) is 23.5 Å². The molecule has 0 spiro atoms. The molecule has 1 saturated heterocycles. The summed E-state index contributed by atoms with van der Waals surface area (Å²) in [7, 11) is 0. The van der Waals surface area contributed by atoms with E-state index in [9.17, 15) is 5.11 Å². The number of hydrogen-bond acceptors (Lipinski definition) is 2. The van der Waals surface area contributed by atoms with Gasteiger partial charge in [0.25, 0.3) is 0 Å². The van der Waals surface area contributed by atoms with Gasteiger partial charge in [-0.1, -0.05) is 54.1 Å². The van der Waals surface area contributed by atoms with E-state index in [4.69, 9.17) is 11.6 Å². The lowest BCUT2D eigenvalue weighted by Gasteiger charge is -2.39. The van der Waals surface area contributed by atoms with Crippen LogP contribution in [0.25, 0.3) is 0 Å². The van der Waals surface area contributed by atoms with Crippen molar-refractivity contribution < 1.29 is 5.11 Å². The molecule has 2 aromatic rings. The van der Waals surface area contributed by atoms with Gasteiger partial charge in [-0.2, -0.15) is 0 Å². The minimum absolute atomic E-state index is 0. The summed E-state index contributed by atoms with van der Waals surface area (Å²) >= 11 is 5.95. The van der Waals surface area contributed by atoms with Gasteiger partial charge in [0, 0.05) is 30.1 Å². The molecule has 1 heterocycles. The Morgan fingerprint density at radius 1 is 0.958 bits per heavy atom. The van der Waals surface area contributed by atoms with E-state index in [1.165, 1.54) is 12.0 Å². The smallest absolute Gasteiger partial charge is 0.0920 e. The second kappa shape index (κ2) is 7.05. The summed E-state index contributed by atoms with van der Waals surface area (Å²) < 4.78 is 0. The Kier molecular flexibility index (Phi) is 5.22. The quantitative estimate of drug-likeness (QED) is 0.860. The minimum atomic E-state index is -0.696. The van der Waals surface area contributed by atoms with Gasteiger partial charge >= 0.3 is 0 Å². The fourth-order valence-electron chi connectivity index (χ4n) is 3.92. The Hall–Kier alpha value is -1.06. The van der Waals surface area contributed by atoms with Crippen LogP contribution in [0.5, 0.6) is 0 Å². The average Bonchev–Trinajstić information content (AvgIpc) is 3.37. The number of rotatable bonds is 3. The van der Waals surface area contributed by atoms with E-state index >= 15 is 0 Å². The van der Waals surface area contributed by atoms with Gasteiger partial charge in [0.1, 0.15) is 0 Å². The minimum Gasteiger partial charge on any atom is -0.385 e. The van der Waals surface area contributed by atoms with Crippen molar-refractivity contribution in [1.29, 1.82) is 0 Å². The first-order chi connectivity index (χ1) is 11.2. The van der Waals surface area contributed by atoms with Crippen LogP contribution in [0, 0.1) is 0 Å². The molecule has 2 fully saturated rings. The van der Waals surface area contributed by atoms with E-state index < -0.39 is 5.60 Å². The van der Waals surface area contributed by atoms with Crippen molar-refractivity contribution >= 4 is 24.0 Å². The molecule has 1 aliphatic carbocycles. The molecule has 2 atom stereocenters. The van der Waals surface area contributed by atoms with Gasteiger partial charge in [0.15, 0.2) is 0 Å². The molecule has 0 bridgehead atoms. The molecule has 2 aromatic carbocycles. The molecule has 1 saturated carbocycles. The van der Waals surface area contributed by atoms with Crippen LogP contribution in [-0.4, -0.2) is 29.1 Å². The molecule has 2 unspecified atom stereocenters. The van der Waals surface area contributed by atoms with Gasteiger partial charge in [-0.05, 0) is 42.5 Å². The summed E-state index contributed by atoms with van der Waals surface area (Å²) in [5.74, 6) is 0.679. The van der Waals surface area contributed by atoms with Crippen LogP contribution in [0.1, 0.15) is 36.3 Å². The zero-order valence-electron chi connectivity index (χ0n) is 13.6. The number of aliphatic hydroxyl groups is 1. The third-order valence-corrected chi connectivity index (χ3v) is 5.71. The van der Waals surface area contributed by atoms with E-state index in [2.05, 4.69) is 35.2 Å². The number of piperidine rings is 1. The van der Waals surface area contributed by atoms with Crippen molar-refractivity contribution in [2.75, 3.05) is 13.1 Å². The van der Waals surface area contributed by atoms with Crippen molar-refractivity contribution in [3.05, 3.63) is 70.7 Å². The summed E-state index contributed by atoms with van der Waals surface area (Å²) in [5, 5.41) is 11.7. The zero-order chi connectivity index (χ0) is 15.9. The highest BCUT2D eigenvalue weighted by Crippen LogP contribution is 2.46. The van der Waals surface area contributed by atoms with Gasteiger partial charge in [-0.25, -0.2) is 0 Å². The summed E-state index contributed by atoms with van der Waals surface area (Å²) in [6, 6.07) is 19.1. The second-order valence-electron chi connectivity index (χ2n) is 6.89. The maximum atomic E-state index is 11.0. The van der Waals surface area contributed by atoms with Crippen LogP contribution in [0.3, 0.4) is 0 Å². The fourth-order valence-corrected chi connectivity index (χ4v) is 4.04. The van der Waals surface area contributed by atoms with Gasteiger partial charge in [0.05, 0.1) is 5.60 Å². The Morgan fingerprint density at radius 3 is 2.21 bits per heavy atom.